The fourth-order valence-corrected chi connectivity index (χ4v) is 5.02. The van der Waals surface area contributed by atoms with E-state index < -0.39 is 5.41 Å². The van der Waals surface area contributed by atoms with E-state index in [4.69, 9.17) is 4.74 Å². The van der Waals surface area contributed by atoms with E-state index in [-0.39, 0.29) is 54.7 Å². The van der Waals surface area contributed by atoms with E-state index in [2.05, 4.69) is 0 Å². The maximum atomic E-state index is 13.6. The van der Waals surface area contributed by atoms with Gasteiger partial charge in [-0.05, 0) is 30.7 Å². The zero-order valence-corrected chi connectivity index (χ0v) is 20.0. The third kappa shape index (κ3) is 5.69. The van der Waals surface area contributed by atoms with Crippen molar-refractivity contribution in [3.63, 3.8) is 0 Å². The molecule has 0 aromatic heterocycles. The Morgan fingerprint density at radius 1 is 1.18 bits per heavy atom. The van der Waals surface area contributed by atoms with Crippen LogP contribution < -0.4 is 0 Å². The van der Waals surface area contributed by atoms with E-state index in [0.29, 0.717) is 38.1 Å². The molecule has 0 bridgehead atoms. The molecule has 0 saturated carbocycles. The Labute approximate surface area is 196 Å². The summed E-state index contributed by atoms with van der Waals surface area (Å²) < 4.78 is 5.07. The van der Waals surface area contributed by atoms with Crippen molar-refractivity contribution in [2.75, 3.05) is 33.4 Å². The summed E-state index contributed by atoms with van der Waals surface area (Å²) in [5, 5.41) is 0. The van der Waals surface area contributed by atoms with Crippen LogP contribution >= 0.6 is 0 Å². The number of carbonyl (C=O) groups excluding carboxylic acids is 4. The van der Waals surface area contributed by atoms with Gasteiger partial charge < -0.3 is 9.64 Å². The number of amides is 3. The Kier molecular flexibility index (Phi) is 8.40. The molecule has 2 saturated heterocycles. The summed E-state index contributed by atoms with van der Waals surface area (Å²) in [7, 11) is 1.58. The predicted octanol–water partition coefficient (Wildman–Crippen LogP) is 2.96. The quantitative estimate of drug-likeness (QED) is 0.399. The van der Waals surface area contributed by atoms with E-state index >= 15 is 0 Å². The van der Waals surface area contributed by atoms with Gasteiger partial charge in [0.25, 0.3) is 0 Å². The standard InChI is InChI=1S/C26H36N2O5/c1-19(2)15-22(29)20-9-7-12-27(18-20)23(30)16-26(21-10-5-4-6-11-21)17-24(31)28(25(26)32)13-8-14-33-3/h4-6,10-11,19-20H,7-9,12-18H2,1-3H3. The molecule has 2 unspecified atom stereocenters. The molecule has 0 N–H and O–H groups in total. The van der Waals surface area contributed by atoms with Crippen molar-refractivity contribution >= 4 is 23.5 Å². The highest BCUT2D eigenvalue weighted by molar-refractivity contribution is 6.10. The molecule has 0 spiro atoms. The highest BCUT2D eigenvalue weighted by Gasteiger charge is 2.54. The zero-order valence-electron chi connectivity index (χ0n) is 20.0. The van der Waals surface area contributed by atoms with Crippen LogP contribution in [-0.2, 0) is 29.3 Å². The van der Waals surface area contributed by atoms with E-state index in [0.717, 1.165) is 12.8 Å². The van der Waals surface area contributed by atoms with Crippen molar-refractivity contribution in [1.82, 2.24) is 9.80 Å². The number of carbonyl (C=O) groups is 4. The fourth-order valence-electron chi connectivity index (χ4n) is 5.02. The van der Waals surface area contributed by atoms with Crippen LogP contribution in [0.15, 0.2) is 30.3 Å². The molecule has 0 radical (unpaired) electrons. The molecule has 2 aliphatic heterocycles. The molecule has 2 aliphatic rings. The summed E-state index contributed by atoms with van der Waals surface area (Å²) in [4.78, 5) is 55.5. The van der Waals surface area contributed by atoms with Crippen molar-refractivity contribution < 1.29 is 23.9 Å². The molecule has 33 heavy (non-hydrogen) atoms. The minimum atomic E-state index is -1.20. The van der Waals surface area contributed by atoms with Gasteiger partial charge in [-0.1, -0.05) is 44.2 Å². The number of ether oxygens (including phenoxy) is 1. The normalized spacial score (nSPS) is 23.5. The highest BCUT2D eigenvalue weighted by Crippen LogP contribution is 2.40. The molecule has 0 aliphatic carbocycles. The minimum Gasteiger partial charge on any atom is -0.385 e. The second-order valence-electron chi connectivity index (χ2n) is 9.74. The van der Waals surface area contributed by atoms with Crippen molar-refractivity contribution in [3.8, 4) is 0 Å². The number of piperidine rings is 1. The van der Waals surface area contributed by atoms with Gasteiger partial charge in [-0.2, -0.15) is 0 Å². The van der Waals surface area contributed by atoms with Gasteiger partial charge in [-0.25, -0.2) is 0 Å². The molecule has 2 heterocycles. The lowest BCUT2D eigenvalue weighted by Crippen LogP contribution is -2.47. The van der Waals surface area contributed by atoms with E-state index in [1.807, 2.05) is 44.2 Å². The lowest BCUT2D eigenvalue weighted by atomic mass is 9.75. The number of benzene rings is 1. The summed E-state index contributed by atoms with van der Waals surface area (Å²) in [6.07, 6.45) is 2.56. The maximum absolute atomic E-state index is 13.6. The second-order valence-corrected chi connectivity index (χ2v) is 9.74. The van der Waals surface area contributed by atoms with Crippen molar-refractivity contribution in [3.05, 3.63) is 35.9 Å². The molecule has 180 valence electrons. The molecule has 3 rings (SSSR count). The summed E-state index contributed by atoms with van der Waals surface area (Å²) in [5.74, 6) is -0.387. The Hall–Kier alpha value is -2.54. The molecule has 7 nitrogen and oxygen atoms in total. The number of Topliss-reactive ketones (excluding diaryl/α,β-unsaturated/α-hetero) is 1. The average Bonchev–Trinajstić information content (AvgIpc) is 3.04. The first-order chi connectivity index (χ1) is 15.8. The Balaban J connectivity index is 1.80. The third-order valence-corrected chi connectivity index (χ3v) is 6.76. The van der Waals surface area contributed by atoms with Crippen LogP contribution in [0.2, 0.25) is 0 Å². The van der Waals surface area contributed by atoms with Gasteiger partial charge in [0, 0.05) is 58.5 Å². The van der Waals surface area contributed by atoms with E-state index in [1.54, 1.807) is 12.0 Å². The lowest BCUT2D eigenvalue weighted by molar-refractivity contribution is -0.144. The largest absolute Gasteiger partial charge is 0.385 e. The number of likely N-dealkylation sites (tertiary alicyclic amines) is 2. The smallest absolute Gasteiger partial charge is 0.240 e. The molecular weight excluding hydrogens is 420 g/mol. The van der Waals surface area contributed by atoms with Crippen LogP contribution in [0, 0.1) is 11.8 Å². The highest BCUT2D eigenvalue weighted by atomic mass is 16.5. The lowest BCUT2D eigenvalue weighted by Gasteiger charge is -2.35. The summed E-state index contributed by atoms with van der Waals surface area (Å²) in [6, 6.07) is 9.15. The zero-order chi connectivity index (χ0) is 24.0. The van der Waals surface area contributed by atoms with Crippen LogP contribution in [0.4, 0.5) is 0 Å². The molecule has 1 aromatic carbocycles. The molecule has 7 heteroatoms. The predicted molar refractivity (Wildman–Crippen MR) is 124 cm³/mol. The number of nitrogens with zero attached hydrogens (tertiary/aromatic N) is 2. The van der Waals surface area contributed by atoms with Gasteiger partial charge in [0.1, 0.15) is 5.78 Å². The molecule has 1 aromatic rings. The average molecular weight is 457 g/mol. The number of methoxy groups -OCH3 is 1. The van der Waals surface area contributed by atoms with Gasteiger partial charge in [0.05, 0.1) is 5.41 Å². The number of imide groups is 1. The first-order valence-corrected chi connectivity index (χ1v) is 12.0. The van der Waals surface area contributed by atoms with Crippen molar-refractivity contribution in [2.24, 2.45) is 11.8 Å². The van der Waals surface area contributed by atoms with Crippen LogP contribution in [0.25, 0.3) is 0 Å². The van der Waals surface area contributed by atoms with Gasteiger partial charge in [-0.15, -0.1) is 0 Å². The first-order valence-electron chi connectivity index (χ1n) is 12.0. The van der Waals surface area contributed by atoms with Gasteiger partial charge in [-0.3, -0.25) is 24.1 Å². The van der Waals surface area contributed by atoms with Crippen LogP contribution in [-0.4, -0.2) is 66.7 Å². The second kappa shape index (κ2) is 11.1. The third-order valence-electron chi connectivity index (χ3n) is 6.76. The SMILES string of the molecule is COCCCN1C(=O)CC(CC(=O)N2CCCC(C(=O)CC(C)C)C2)(c2ccccc2)C1=O. The topological polar surface area (TPSA) is 84.0 Å². The summed E-state index contributed by atoms with van der Waals surface area (Å²) in [5.41, 5.74) is -0.507. The Morgan fingerprint density at radius 3 is 2.58 bits per heavy atom. The molecule has 2 atom stereocenters. The minimum absolute atomic E-state index is 0.0158. The number of rotatable bonds is 10. The fraction of sp³-hybridized carbons (Fsp3) is 0.615. The van der Waals surface area contributed by atoms with Crippen LogP contribution in [0.3, 0.4) is 0 Å². The monoisotopic (exact) mass is 456 g/mol. The van der Waals surface area contributed by atoms with Crippen molar-refractivity contribution in [2.45, 2.75) is 57.8 Å². The maximum Gasteiger partial charge on any atom is 0.240 e. The van der Waals surface area contributed by atoms with Crippen molar-refractivity contribution in [1.29, 1.82) is 0 Å². The number of ketones is 1. The number of hydrogen-bond acceptors (Lipinski definition) is 5. The Morgan fingerprint density at radius 2 is 1.91 bits per heavy atom. The molecular formula is C26H36N2O5. The Bertz CT molecular complexity index is 869. The van der Waals surface area contributed by atoms with Crippen LogP contribution in [0.5, 0.6) is 0 Å². The van der Waals surface area contributed by atoms with Crippen LogP contribution in [0.1, 0.15) is 57.9 Å². The van der Waals surface area contributed by atoms with E-state index in [9.17, 15) is 19.2 Å². The van der Waals surface area contributed by atoms with E-state index in [1.165, 1.54) is 4.90 Å². The summed E-state index contributed by atoms with van der Waals surface area (Å²) >= 11 is 0. The molecule has 3 amide bonds. The van der Waals surface area contributed by atoms with Gasteiger partial charge >= 0.3 is 0 Å². The number of hydrogen-bond donors (Lipinski definition) is 0. The summed E-state index contributed by atoms with van der Waals surface area (Å²) in [6.45, 7) is 5.75. The van der Waals surface area contributed by atoms with Gasteiger partial charge in [0.15, 0.2) is 0 Å². The first kappa shape index (κ1) is 25.1. The van der Waals surface area contributed by atoms with Gasteiger partial charge in [0.2, 0.25) is 17.7 Å². The molecule has 2 fully saturated rings.